The van der Waals surface area contributed by atoms with E-state index in [1.807, 2.05) is 56.4 Å². The van der Waals surface area contributed by atoms with Crippen molar-refractivity contribution in [1.29, 1.82) is 0 Å². The van der Waals surface area contributed by atoms with Gasteiger partial charge in [0.15, 0.2) is 0 Å². The van der Waals surface area contributed by atoms with Gasteiger partial charge in [0.05, 0.1) is 21.8 Å². The highest BCUT2D eigenvalue weighted by Gasteiger charge is 2.17. The molecule has 0 bridgehead atoms. The third kappa shape index (κ3) is 3.39. The molecular formula is C26H27NS. The van der Waals surface area contributed by atoms with Crippen LogP contribution in [0.5, 0.6) is 0 Å². The molecule has 0 N–H and O–H groups in total. The molecule has 2 aromatic rings. The molecule has 0 spiro atoms. The molecule has 142 valence electrons. The molecule has 0 saturated carbocycles. The smallest absolute Gasteiger partial charge is 0.0628 e. The molecule has 0 atom stereocenters. The highest BCUT2D eigenvalue weighted by Crippen LogP contribution is 2.31. The third-order valence-corrected chi connectivity index (χ3v) is 5.71. The predicted octanol–water partition coefficient (Wildman–Crippen LogP) is 7.54. The van der Waals surface area contributed by atoms with Crippen molar-refractivity contribution in [2.24, 2.45) is 0 Å². The fourth-order valence-electron chi connectivity index (χ4n) is 3.38. The topological polar surface area (TPSA) is 4.41 Å². The lowest BCUT2D eigenvalue weighted by molar-refractivity contribution is 1.15. The number of hydrogen-bond donors (Lipinski definition) is 0. The standard InChI is InChI=1S/C26H27NS/c1-9-16-20-18(8)26-19(11-3)21(17-10-2)22(12-4)27(26)23(13-5)25(15-7)28-24(20)14-6/h9-17H,3-8H2,1-2H3/b16-9-,17-10-,24-20?,25-23?. The molecule has 0 aliphatic carbocycles. The van der Waals surface area contributed by atoms with Crippen molar-refractivity contribution >= 4 is 66.0 Å². The Bertz CT molecular complexity index is 1130. The summed E-state index contributed by atoms with van der Waals surface area (Å²) in [5, 5.41) is 0.900. The van der Waals surface area contributed by atoms with E-state index in [9.17, 15) is 0 Å². The van der Waals surface area contributed by atoms with Crippen LogP contribution in [0.15, 0.2) is 45.0 Å². The highest BCUT2D eigenvalue weighted by atomic mass is 32.1. The van der Waals surface area contributed by atoms with Gasteiger partial charge < -0.3 is 4.40 Å². The normalized spacial score (nSPS) is 11.1. The van der Waals surface area contributed by atoms with E-state index in [2.05, 4.69) is 56.0 Å². The van der Waals surface area contributed by atoms with Gasteiger partial charge in [-0.15, -0.1) is 11.3 Å². The molecule has 0 radical (unpaired) electrons. The number of hydrogen-bond acceptors (Lipinski definition) is 1. The average Bonchev–Trinajstić information content (AvgIpc) is 3.01. The molecule has 0 aliphatic rings. The van der Waals surface area contributed by atoms with Gasteiger partial charge in [-0.3, -0.25) is 0 Å². The summed E-state index contributed by atoms with van der Waals surface area (Å²) in [5.74, 6) is 0. The summed E-state index contributed by atoms with van der Waals surface area (Å²) in [7, 11) is 0. The predicted molar refractivity (Wildman–Crippen MR) is 134 cm³/mol. The molecule has 0 saturated heterocycles. The number of allylic oxidation sites excluding steroid dienone is 2. The van der Waals surface area contributed by atoms with Crippen LogP contribution >= 0.6 is 11.3 Å². The number of aromatic nitrogens is 1. The minimum absolute atomic E-state index is 0.900. The average molecular weight is 386 g/mol. The number of nitrogens with zero attached hydrogens (tertiary/aromatic N) is 1. The minimum Gasteiger partial charge on any atom is -0.307 e. The molecule has 0 unspecified atom stereocenters. The fourth-order valence-corrected chi connectivity index (χ4v) is 4.36. The van der Waals surface area contributed by atoms with Crippen LogP contribution in [0.2, 0.25) is 0 Å². The summed E-state index contributed by atoms with van der Waals surface area (Å²) in [6, 6.07) is 0. The number of rotatable bonds is 7. The zero-order valence-corrected chi connectivity index (χ0v) is 17.6. The Morgan fingerprint density at radius 1 is 0.679 bits per heavy atom. The van der Waals surface area contributed by atoms with Crippen LogP contribution in [0.1, 0.15) is 51.7 Å². The Morgan fingerprint density at radius 3 is 1.71 bits per heavy atom. The molecule has 2 heteroatoms. The first-order valence-corrected chi connectivity index (χ1v) is 9.88. The summed E-state index contributed by atoms with van der Waals surface area (Å²) < 4.78 is 2.15. The largest absolute Gasteiger partial charge is 0.307 e. The SMILES string of the molecule is C=Cc1sc(C=C)c(C=C)n2c(C=C)c(/C=C\C)c(C=C)c2c(=C)c1/C=C\C. The zero-order chi connectivity index (χ0) is 20.8. The van der Waals surface area contributed by atoms with Crippen molar-refractivity contribution in [3.8, 4) is 0 Å². The van der Waals surface area contributed by atoms with Gasteiger partial charge in [0, 0.05) is 26.8 Å². The van der Waals surface area contributed by atoms with Crippen molar-refractivity contribution in [1.82, 2.24) is 4.40 Å². The van der Waals surface area contributed by atoms with Gasteiger partial charge in [0.1, 0.15) is 0 Å². The van der Waals surface area contributed by atoms with Gasteiger partial charge in [-0.05, 0) is 26.0 Å². The molecule has 2 rings (SSSR count). The van der Waals surface area contributed by atoms with Crippen LogP contribution in [0.4, 0.5) is 0 Å². The van der Waals surface area contributed by atoms with E-state index in [1.165, 1.54) is 0 Å². The number of fused-ring (bicyclic) bond motifs is 1. The van der Waals surface area contributed by atoms with E-state index in [0.29, 0.717) is 0 Å². The summed E-state index contributed by atoms with van der Waals surface area (Å²) in [6.07, 6.45) is 17.5. The highest BCUT2D eigenvalue weighted by molar-refractivity contribution is 7.13. The maximum Gasteiger partial charge on any atom is 0.0628 e. The Morgan fingerprint density at radius 2 is 1.25 bits per heavy atom. The van der Waals surface area contributed by atoms with Crippen LogP contribution in [0, 0.1) is 0 Å². The summed E-state index contributed by atoms with van der Waals surface area (Å²) in [5.41, 5.74) is 5.97. The van der Waals surface area contributed by atoms with E-state index in [1.54, 1.807) is 11.3 Å². The molecule has 0 aliphatic heterocycles. The monoisotopic (exact) mass is 385 g/mol. The molecular weight excluding hydrogens is 358 g/mol. The molecule has 0 fully saturated rings. The maximum atomic E-state index is 4.45. The van der Waals surface area contributed by atoms with Crippen LogP contribution < -0.4 is 5.22 Å². The van der Waals surface area contributed by atoms with Crippen molar-refractivity contribution in [2.75, 3.05) is 0 Å². The van der Waals surface area contributed by atoms with Gasteiger partial charge in [0.2, 0.25) is 0 Å². The quantitative estimate of drug-likeness (QED) is 0.464. The lowest BCUT2D eigenvalue weighted by atomic mass is 10.1. The molecule has 1 nitrogen and oxygen atoms in total. The molecule has 0 amide bonds. The summed E-state index contributed by atoms with van der Waals surface area (Å²) in [6.45, 7) is 28.7. The second-order valence-electron chi connectivity index (χ2n) is 6.03. The molecule has 2 heterocycles. The van der Waals surface area contributed by atoms with Gasteiger partial charge in [0.25, 0.3) is 0 Å². The van der Waals surface area contributed by atoms with Crippen LogP contribution in [0.25, 0.3) is 54.6 Å². The van der Waals surface area contributed by atoms with E-state index < -0.39 is 0 Å². The van der Waals surface area contributed by atoms with E-state index >= 15 is 0 Å². The first-order valence-electron chi connectivity index (χ1n) is 9.07. The third-order valence-electron chi connectivity index (χ3n) is 4.50. The van der Waals surface area contributed by atoms with Crippen molar-refractivity contribution < 1.29 is 0 Å². The van der Waals surface area contributed by atoms with Gasteiger partial charge in [-0.2, -0.15) is 0 Å². The Hall–Kier alpha value is -3.10. The lowest BCUT2D eigenvalue weighted by Gasteiger charge is -2.10. The van der Waals surface area contributed by atoms with Crippen molar-refractivity contribution in [3.05, 3.63) is 88.1 Å². The fraction of sp³-hybridized carbons (Fsp3) is 0.0769. The molecule has 2 aromatic heterocycles. The molecule has 28 heavy (non-hydrogen) atoms. The van der Waals surface area contributed by atoms with Gasteiger partial charge in [-0.25, -0.2) is 0 Å². The Labute approximate surface area is 172 Å². The zero-order valence-electron chi connectivity index (χ0n) is 16.8. The van der Waals surface area contributed by atoms with Crippen LogP contribution in [-0.4, -0.2) is 4.40 Å². The van der Waals surface area contributed by atoms with Crippen LogP contribution in [-0.2, 0) is 0 Å². The summed E-state index contributed by atoms with van der Waals surface area (Å²) in [4.78, 5) is 2.01. The second kappa shape index (κ2) is 9.20. The first-order chi connectivity index (χ1) is 13.5. The summed E-state index contributed by atoms with van der Waals surface area (Å²) >= 11 is 1.61. The Balaban J connectivity index is 3.53. The van der Waals surface area contributed by atoms with E-state index in [4.69, 9.17) is 0 Å². The second-order valence-corrected chi connectivity index (χ2v) is 7.11. The van der Waals surface area contributed by atoms with E-state index in [0.717, 1.165) is 48.6 Å². The van der Waals surface area contributed by atoms with Gasteiger partial charge in [-0.1, -0.05) is 82.0 Å². The Kier molecular flexibility index (Phi) is 6.97. The van der Waals surface area contributed by atoms with Crippen molar-refractivity contribution in [3.63, 3.8) is 0 Å². The van der Waals surface area contributed by atoms with E-state index in [-0.39, 0.29) is 0 Å². The van der Waals surface area contributed by atoms with Crippen molar-refractivity contribution in [2.45, 2.75) is 13.8 Å². The molecule has 0 aromatic carbocycles. The first kappa shape index (κ1) is 21.2. The van der Waals surface area contributed by atoms with Crippen LogP contribution in [0.3, 0.4) is 0 Å². The maximum absolute atomic E-state index is 4.45. The minimum atomic E-state index is 0.900. The lowest BCUT2D eigenvalue weighted by Crippen LogP contribution is -2.10. The van der Waals surface area contributed by atoms with Gasteiger partial charge >= 0.3 is 0 Å².